The number of H-pyrrole nitrogens is 1. The third-order valence-corrected chi connectivity index (χ3v) is 4.39. The van der Waals surface area contributed by atoms with Crippen molar-refractivity contribution in [2.75, 3.05) is 5.32 Å². The summed E-state index contributed by atoms with van der Waals surface area (Å²) in [5.41, 5.74) is 6.40. The molecule has 0 spiro atoms. The van der Waals surface area contributed by atoms with Crippen molar-refractivity contribution in [2.24, 2.45) is 0 Å². The Balaban J connectivity index is 1.86. The minimum absolute atomic E-state index is 0.773. The smallest absolute Gasteiger partial charge is 0.213 e. The highest BCUT2D eigenvalue weighted by Gasteiger charge is 2.22. The normalized spacial score (nSPS) is 13.0. The molecule has 24 heavy (non-hydrogen) atoms. The fourth-order valence-corrected chi connectivity index (χ4v) is 3.25. The first-order valence-electron chi connectivity index (χ1n) is 7.88. The molecule has 2 aromatic carbocycles. The van der Waals surface area contributed by atoms with Crippen molar-refractivity contribution in [3.63, 3.8) is 0 Å². The van der Waals surface area contributed by atoms with Gasteiger partial charge in [0.2, 0.25) is 5.95 Å². The molecule has 0 saturated heterocycles. The summed E-state index contributed by atoms with van der Waals surface area (Å²) in [4.78, 5) is 4.70. The van der Waals surface area contributed by atoms with Gasteiger partial charge in [0.1, 0.15) is 0 Å². The number of benzene rings is 2. The summed E-state index contributed by atoms with van der Waals surface area (Å²) in [6.07, 6.45) is 2.14. The first-order chi connectivity index (χ1) is 11.8. The summed E-state index contributed by atoms with van der Waals surface area (Å²) in [6.45, 7) is 2.04. The van der Waals surface area contributed by atoms with Crippen molar-refractivity contribution < 1.29 is 0 Å². The van der Waals surface area contributed by atoms with Gasteiger partial charge in [-0.1, -0.05) is 42.5 Å². The number of nitrogens with zero attached hydrogens (tertiary/aromatic N) is 3. The quantitative estimate of drug-likeness (QED) is 0.488. The Morgan fingerprint density at radius 3 is 2.62 bits per heavy atom. The van der Waals surface area contributed by atoms with Crippen molar-refractivity contribution in [1.29, 1.82) is 0 Å². The van der Waals surface area contributed by atoms with Crippen molar-refractivity contribution in [2.45, 2.75) is 6.92 Å². The maximum Gasteiger partial charge on any atom is 0.213 e. The molecule has 0 amide bonds. The second kappa shape index (κ2) is 4.83. The van der Waals surface area contributed by atoms with Crippen LogP contribution in [0, 0.1) is 6.92 Å². The molecular formula is C19H15N5. The standard InChI is InChI=1S/C19H15N5/c1-12-17-14(13-7-3-2-4-8-13)11-24-16-10-6-5-9-15(16)20-19(24)21-18(17)23-22-12/h2-11H,1H3,(H2,20,21,22,23). The van der Waals surface area contributed by atoms with E-state index in [4.69, 9.17) is 4.98 Å². The van der Waals surface area contributed by atoms with Gasteiger partial charge in [-0.05, 0) is 24.6 Å². The Labute approximate surface area is 138 Å². The minimum atomic E-state index is 0.773. The monoisotopic (exact) mass is 313 g/mol. The second-order valence-electron chi connectivity index (χ2n) is 5.90. The summed E-state index contributed by atoms with van der Waals surface area (Å²) in [5.74, 6) is 1.58. The third-order valence-electron chi connectivity index (χ3n) is 4.39. The number of para-hydroxylation sites is 2. The molecule has 0 atom stereocenters. The molecule has 4 aromatic rings. The van der Waals surface area contributed by atoms with Gasteiger partial charge in [0.05, 0.1) is 11.0 Å². The van der Waals surface area contributed by atoms with Crippen molar-refractivity contribution in [3.8, 4) is 0 Å². The first kappa shape index (κ1) is 13.1. The highest BCUT2D eigenvalue weighted by atomic mass is 15.3. The Bertz CT molecular complexity index is 1090. The lowest BCUT2D eigenvalue weighted by molar-refractivity contribution is 1.04. The molecule has 2 N–H and O–H groups in total. The van der Waals surface area contributed by atoms with Crippen LogP contribution in [0.15, 0.2) is 54.6 Å². The number of aromatic nitrogens is 4. The third kappa shape index (κ3) is 1.81. The molecule has 1 aliphatic rings. The van der Waals surface area contributed by atoms with Gasteiger partial charge in [-0.15, -0.1) is 0 Å². The van der Waals surface area contributed by atoms with Gasteiger partial charge < -0.3 is 5.32 Å². The largest absolute Gasteiger partial charge is 0.308 e. The molecular weight excluding hydrogens is 298 g/mol. The highest BCUT2D eigenvalue weighted by Crippen LogP contribution is 2.37. The van der Waals surface area contributed by atoms with E-state index in [-0.39, 0.29) is 0 Å². The molecule has 0 saturated carbocycles. The summed E-state index contributed by atoms with van der Waals surface area (Å²) in [7, 11) is 0. The molecule has 1 aliphatic heterocycles. The van der Waals surface area contributed by atoms with Gasteiger partial charge in [-0.3, -0.25) is 9.67 Å². The average Bonchev–Trinajstić information content (AvgIpc) is 3.09. The van der Waals surface area contributed by atoms with Crippen LogP contribution >= 0.6 is 0 Å². The van der Waals surface area contributed by atoms with Gasteiger partial charge in [-0.2, -0.15) is 5.10 Å². The van der Waals surface area contributed by atoms with Gasteiger partial charge in [0.15, 0.2) is 5.82 Å². The number of anilines is 2. The molecule has 0 aliphatic carbocycles. The molecule has 2 aromatic heterocycles. The van der Waals surface area contributed by atoms with E-state index in [0.29, 0.717) is 0 Å². The summed E-state index contributed by atoms with van der Waals surface area (Å²) >= 11 is 0. The molecule has 5 nitrogen and oxygen atoms in total. The Hall–Kier alpha value is -3.34. The SMILES string of the molecule is Cc1[nH]nc2c1C(c1ccccc1)=Cn1c(nc3ccccc31)N2. The van der Waals surface area contributed by atoms with Crippen LogP contribution < -0.4 is 5.32 Å². The van der Waals surface area contributed by atoms with Crippen molar-refractivity contribution >= 4 is 34.6 Å². The molecule has 116 valence electrons. The molecule has 5 heteroatoms. The summed E-state index contributed by atoms with van der Waals surface area (Å²) in [6, 6.07) is 18.5. The molecule has 0 fully saturated rings. The number of rotatable bonds is 1. The zero-order chi connectivity index (χ0) is 16.1. The Morgan fingerprint density at radius 2 is 1.75 bits per heavy atom. The topological polar surface area (TPSA) is 58.5 Å². The number of fused-ring (bicyclic) bond motifs is 4. The predicted molar refractivity (Wildman–Crippen MR) is 96.1 cm³/mol. The molecule has 0 unspecified atom stereocenters. The maximum atomic E-state index is 4.70. The number of nitrogens with one attached hydrogen (secondary N) is 2. The lowest BCUT2D eigenvalue weighted by Crippen LogP contribution is -1.97. The van der Waals surface area contributed by atoms with Crippen LogP contribution in [0.2, 0.25) is 0 Å². The van der Waals surface area contributed by atoms with Gasteiger partial charge in [0, 0.05) is 23.0 Å². The highest BCUT2D eigenvalue weighted by molar-refractivity contribution is 5.97. The van der Waals surface area contributed by atoms with E-state index in [1.54, 1.807) is 0 Å². The first-order valence-corrected chi connectivity index (χ1v) is 7.88. The zero-order valence-electron chi connectivity index (χ0n) is 13.1. The number of hydrogen-bond acceptors (Lipinski definition) is 3. The molecule has 0 radical (unpaired) electrons. The predicted octanol–water partition coefficient (Wildman–Crippen LogP) is 4.17. The maximum absolute atomic E-state index is 4.70. The van der Waals surface area contributed by atoms with Crippen LogP contribution in [0.25, 0.3) is 22.8 Å². The van der Waals surface area contributed by atoms with E-state index in [1.807, 2.05) is 31.2 Å². The number of aromatic amines is 1. The Morgan fingerprint density at radius 1 is 0.958 bits per heavy atom. The van der Waals surface area contributed by atoms with Gasteiger partial charge in [0.25, 0.3) is 0 Å². The van der Waals surface area contributed by atoms with Crippen LogP contribution in [0.4, 0.5) is 11.8 Å². The number of aryl methyl sites for hydroxylation is 1. The van der Waals surface area contributed by atoms with Crippen LogP contribution in [-0.2, 0) is 0 Å². The van der Waals surface area contributed by atoms with E-state index >= 15 is 0 Å². The van der Waals surface area contributed by atoms with E-state index < -0.39 is 0 Å². The van der Waals surface area contributed by atoms with E-state index in [1.165, 1.54) is 0 Å². The van der Waals surface area contributed by atoms with Crippen LogP contribution in [0.1, 0.15) is 16.8 Å². The van der Waals surface area contributed by atoms with E-state index in [2.05, 4.69) is 56.6 Å². The van der Waals surface area contributed by atoms with Crippen molar-refractivity contribution in [1.82, 2.24) is 19.7 Å². The minimum Gasteiger partial charge on any atom is -0.308 e. The number of imidazole rings is 1. The summed E-state index contributed by atoms with van der Waals surface area (Å²) < 4.78 is 2.10. The Kier molecular flexibility index (Phi) is 2.64. The van der Waals surface area contributed by atoms with Gasteiger partial charge >= 0.3 is 0 Å². The summed E-state index contributed by atoms with van der Waals surface area (Å²) in [5, 5.41) is 10.9. The second-order valence-corrected chi connectivity index (χ2v) is 5.90. The lowest BCUT2D eigenvalue weighted by Gasteiger charge is -2.07. The zero-order valence-corrected chi connectivity index (χ0v) is 13.1. The van der Waals surface area contributed by atoms with E-state index in [9.17, 15) is 0 Å². The van der Waals surface area contributed by atoms with Crippen LogP contribution in [-0.4, -0.2) is 19.7 Å². The van der Waals surface area contributed by atoms with Gasteiger partial charge in [-0.25, -0.2) is 4.98 Å². The average molecular weight is 313 g/mol. The fourth-order valence-electron chi connectivity index (χ4n) is 3.25. The van der Waals surface area contributed by atoms with Crippen LogP contribution in [0.3, 0.4) is 0 Å². The fraction of sp³-hybridized carbons (Fsp3) is 0.0526. The van der Waals surface area contributed by atoms with E-state index in [0.717, 1.165) is 45.2 Å². The molecule has 0 bridgehead atoms. The van der Waals surface area contributed by atoms with Crippen LogP contribution in [0.5, 0.6) is 0 Å². The molecule has 3 heterocycles. The number of hydrogen-bond donors (Lipinski definition) is 2. The van der Waals surface area contributed by atoms with Crippen molar-refractivity contribution in [3.05, 3.63) is 71.4 Å². The lowest BCUT2D eigenvalue weighted by atomic mass is 9.99. The molecule has 5 rings (SSSR count).